The maximum Gasteiger partial charge on any atom is 0.303 e. The fraction of sp³-hybridized carbons (Fsp3) is 0.455. The van der Waals surface area contributed by atoms with Gasteiger partial charge in [-0.2, -0.15) is 25.3 Å². The summed E-state index contributed by atoms with van der Waals surface area (Å²) in [4.78, 5) is 55.1. The Balaban J connectivity index is 1.88. The lowest BCUT2D eigenvalue weighted by Crippen LogP contribution is -2.29. The highest BCUT2D eigenvalue weighted by Crippen LogP contribution is 2.32. The van der Waals surface area contributed by atoms with Crippen LogP contribution in [0, 0.1) is 25.7 Å². The zero-order valence-electron chi connectivity index (χ0n) is 26.2. The number of carbonyl (C=O) groups excluding carboxylic acids is 2. The molecule has 4 atom stereocenters. The summed E-state index contributed by atoms with van der Waals surface area (Å²) >= 11 is 8.84. The van der Waals surface area contributed by atoms with Crippen molar-refractivity contribution in [1.82, 2.24) is 20.6 Å². The van der Waals surface area contributed by atoms with Gasteiger partial charge in [-0.3, -0.25) is 19.2 Å². The highest BCUT2D eigenvalue weighted by molar-refractivity contribution is 7.81. The van der Waals surface area contributed by atoms with E-state index in [4.69, 9.17) is 0 Å². The molecule has 0 radical (unpaired) electrons. The topological polar surface area (TPSA) is 164 Å². The number of aromatic amines is 2. The Morgan fingerprint density at radius 1 is 0.933 bits per heavy atom. The van der Waals surface area contributed by atoms with E-state index in [-0.39, 0.29) is 60.6 Å². The molecule has 242 valence electrons. The number of hydrogen-bond donors (Lipinski definition) is 8. The van der Waals surface area contributed by atoms with E-state index >= 15 is 0 Å². The molecular weight excluding hydrogens is 613 g/mol. The average molecular weight is 655 g/mol. The number of aromatic nitrogens is 2. The van der Waals surface area contributed by atoms with Gasteiger partial charge in [-0.05, 0) is 98.8 Å². The van der Waals surface area contributed by atoms with E-state index in [1.165, 1.54) is 0 Å². The van der Waals surface area contributed by atoms with Crippen LogP contribution < -0.4 is 21.3 Å². The van der Waals surface area contributed by atoms with Gasteiger partial charge in [0.15, 0.2) is 0 Å². The van der Waals surface area contributed by atoms with Crippen molar-refractivity contribution < 1.29 is 29.4 Å². The maximum absolute atomic E-state index is 12.6. The first-order valence-corrected chi connectivity index (χ1v) is 16.3. The maximum atomic E-state index is 12.6. The van der Waals surface area contributed by atoms with Crippen molar-refractivity contribution in [2.45, 2.75) is 78.0 Å². The molecule has 0 aromatic carbocycles. The third kappa shape index (κ3) is 7.44. The van der Waals surface area contributed by atoms with Gasteiger partial charge in [-0.25, -0.2) is 0 Å². The minimum absolute atomic E-state index is 0.000914. The molecular formula is C33H42N4O6S2. The number of H-pyrrole nitrogens is 2. The lowest BCUT2D eigenvalue weighted by molar-refractivity contribution is -0.138. The van der Waals surface area contributed by atoms with E-state index in [0.717, 1.165) is 51.0 Å². The van der Waals surface area contributed by atoms with Crippen LogP contribution in [0.2, 0.25) is 0 Å². The third-order valence-electron chi connectivity index (χ3n) is 8.97. The molecule has 1 fully saturated rings. The Bertz CT molecular complexity index is 1710. The van der Waals surface area contributed by atoms with Gasteiger partial charge < -0.3 is 30.8 Å². The molecule has 2 aromatic rings. The zero-order valence-corrected chi connectivity index (χ0v) is 28.0. The highest BCUT2D eigenvalue weighted by Gasteiger charge is 2.35. The minimum Gasteiger partial charge on any atom is -0.481 e. The van der Waals surface area contributed by atoms with Gasteiger partial charge >= 0.3 is 11.9 Å². The fourth-order valence-electron chi connectivity index (χ4n) is 6.34. The van der Waals surface area contributed by atoms with Gasteiger partial charge in [0.05, 0.1) is 6.04 Å². The number of rotatable bonds is 12. The second-order valence-electron chi connectivity index (χ2n) is 11.9. The zero-order chi connectivity index (χ0) is 33.2. The van der Waals surface area contributed by atoms with Crippen molar-refractivity contribution in [3.05, 3.63) is 61.2 Å². The molecule has 0 spiro atoms. The Kier molecular flexibility index (Phi) is 10.8. The summed E-state index contributed by atoms with van der Waals surface area (Å²) in [6, 6.07) is -0.342. The molecule has 6 N–H and O–H groups in total. The highest BCUT2D eigenvalue weighted by atomic mass is 32.1. The fourth-order valence-corrected chi connectivity index (χ4v) is 6.94. The Hall–Kier alpha value is -3.64. The molecule has 2 amide bonds. The predicted octanol–water partition coefficient (Wildman–Crippen LogP) is 2.78. The summed E-state index contributed by atoms with van der Waals surface area (Å²) in [5, 5.41) is 26.2. The lowest BCUT2D eigenvalue weighted by atomic mass is 9.91. The molecule has 10 nitrogen and oxygen atoms in total. The normalized spacial score (nSPS) is 22.5. The number of aliphatic carboxylic acids is 2. The molecule has 0 bridgehead atoms. The number of hydrogen-bond acceptors (Lipinski definition) is 6. The molecule has 0 unspecified atom stereocenters. The quantitative estimate of drug-likeness (QED) is 0.164. The van der Waals surface area contributed by atoms with Gasteiger partial charge in [0.1, 0.15) is 0 Å². The number of thiol groups is 2. The van der Waals surface area contributed by atoms with Crippen molar-refractivity contribution in [1.29, 1.82) is 0 Å². The Labute approximate surface area is 273 Å². The molecule has 4 heterocycles. The lowest BCUT2D eigenvalue weighted by Gasteiger charge is -2.12. The van der Waals surface area contributed by atoms with E-state index in [1.807, 2.05) is 52.8 Å². The SMILES string of the molecule is CC1=C([C@H](C)S)C(=O)N[C@@H]1/C=c1/[nH]/c(=C/c2[nH]c(/C=C3\NC(=O)[C@H](C)[C@H]3CCS)c(C)c2CCC(=O)O)c(CCC(=O)O)c1C. The summed E-state index contributed by atoms with van der Waals surface area (Å²) in [7, 11) is 0. The molecule has 1 saturated heterocycles. The van der Waals surface area contributed by atoms with Gasteiger partial charge in [0.25, 0.3) is 0 Å². The van der Waals surface area contributed by atoms with Crippen molar-refractivity contribution in [3.63, 3.8) is 0 Å². The molecule has 2 aliphatic heterocycles. The molecule has 4 rings (SSSR count). The van der Waals surface area contributed by atoms with Crippen LogP contribution in [0.15, 0.2) is 16.8 Å². The van der Waals surface area contributed by atoms with E-state index in [1.54, 1.807) is 0 Å². The standard InChI is InChI=1S/C33H42N4O6S2/c1-15-20(6-8-29(38)39)26(34-23(15)12-25-18(4)31(19(5)45)33(43)36-25)14-27-21(7-9-30(40)41)16(2)24(35-27)13-28-22(10-11-44)17(3)32(42)37-28/h12-14,17,19,22,25,34-35,44-45H,6-11H2,1-5H3,(H,36,43)(H,37,42)(H,38,39)(H,40,41)/b23-12+,26-14+,28-13-/t17-,19+,22-,25-/m1/s1. The molecule has 0 aliphatic carbocycles. The molecule has 2 aromatic heterocycles. The van der Waals surface area contributed by atoms with Crippen LogP contribution in [0.3, 0.4) is 0 Å². The van der Waals surface area contributed by atoms with Crippen LogP contribution >= 0.6 is 25.3 Å². The summed E-state index contributed by atoms with van der Waals surface area (Å²) < 4.78 is 0. The van der Waals surface area contributed by atoms with Crippen LogP contribution in [-0.2, 0) is 32.0 Å². The number of carbonyl (C=O) groups is 4. The summed E-state index contributed by atoms with van der Waals surface area (Å²) in [6.07, 6.45) is 6.90. The van der Waals surface area contributed by atoms with E-state index < -0.39 is 11.9 Å². The molecule has 0 saturated carbocycles. The summed E-state index contributed by atoms with van der Waals surface area (Å²) in [5.41, 5.74) is 7.16. The number of amides is 2. The van der Waals surface area contributed by atoms with Gasteiger partial charge in [-0.15, -0.1) is 0 Å². The number of carboxylic acid groups (broad SMARTS) is 2. The largest absolute Gasteiger partial charge is 0.481 e. The van der Waals surface area contributed by atoms with Gasteiger partial charge in [0, 0.05) is 63.3 Å². The van der Waals surface area contributed by atoms with Crippen LogP contribution in [0.1, 0.15) is 73.7 Å². The van der Waals surface area contributed by atoms with Crippen LogP contribution in [0.25, 0.3) is 18.2 Å². The van der Waals surface area contributed by atoms with Crippen molar-refractivity contribution in [3.8, 4) is 0 Å². The second-order valence-corrected chi connectivity index (χ2v) is 13.2. The van der Waals surface area contributed by atoms with Crippen LogP contribution in [0.4, 0.5) is 0 Å². The molecule has 2 aliphatic rings. The predicted molar refractivity (Wildman–Crippen MR) is 181 cm³/mol. The average Bonchev–Trinajstić information content (AvgIpc) is 3.60. The second kappa shape index (κ2) is 14.2. The first-order chi connectivity index (χ1) is 21.2. The summed E-state index contributed by atoms with van der Waals surface area (Å²) in [6.45, 7) is 9.50. The summed E-state index contributed by atoms with van der Waals surface area (Å²) in [5.74, 6) is -1.58. The molecule has 45 heavy (non-hydrogen) atoms. The van der Waals surface area contributed by atoms with Gasteiger partial charge in [-0.1, -0.05) is 6.92 Å². The smallest absolute Gasteiger partial charge is 0.303 e. The van der Waals surface area contributed by atoms with E-state index in [9.17, 15) is 29.4 Å². The Morgan fingerprint density at radius 2 is 1.58 bits per heavy atom. The molecule has 12 heteroatoms. The number of carboxylic acids is 2. The number of nitrogens with one attached hydrogen (secondary N) is 4. The first-order valence-electron chi connectivity index (χ1n) is 15.1. The van der Waals surface area contributed by atoms with Crippen molar-refractivity contribution >= 4 is 67.2 Å². The van der Waals surface area contributed by atoms with Crippen LogP contribution in [0.5, 0.6) is 0 Å². The monoisotopic (exact) mass is 654 g/mol. The van der Waals surface area contributed by atoms with Crippen molar-refractivity contribution in [2.24, 2.45) is 11.8 Å². The Morgan fingerprint density at radius 3 is 2.16 bits per heavy atom. The van der Waals surface area contributed by atoms with Crippen LogP contribution in [-0.4, -0.2) is 61.0 Å². The first kappa shape index (κ1) is 34.2. The third-order valence-corrected chi connectivity index (χ3v) is 9.48. The van der Waals surface area contributed by atoms with E-state index in [2.05, 4.69) is 45.9 Å². The van der Waals surface area contributed by atoms with Gasteiger partial charge in [0.2, 0.25) is 11.8 Å². The van der Waals surface area contributed by atoms with E-state index in [0.29, 0.717) is 22.4 Å². The minimum atomic E-state index is -0.920. The van der Waals surface area contributed by atoms with Crippen molar-refractivity contribution in [2.75, 3.05) is 5.75 Å². The number of allylic oxidation sites excluding steroid dienone is 1.